The Balaban J connectivity index is 2.06. The summed E-state index contributed by atoms with van der Waals surface area (Å²) in [5.41, 5.74) is 8.45. The molecule has 0 spiro atoms. The summed E-state index contributed by atoms with van der Waals surface area (Å²) >= 11 is 1.49. The van der Waals surface area contributed by atoms with Crippen LogP contribution in [0, 0.1) is 6.92 Å². The molecule has 3 aromatic heterocycles. The minimum absolute atomic E-state index is 0.708. The lowest BCUT2D eigenvalue weighted by atomic mass is 10.4. The lowest BCUT2D eigenvalue weighted by Gasteiger charge is -2.03. The molecule has 19 heavy (non-hydrogen) atoms. The second-order valence-electron chi connectivity index (χ2n) is 4.13. The van der Waals surface area contributed by atoms with Crippen molar-refractivity contribution in [3.8, 4) is 0 Å². The van der Waals surface area contributed by atoms with Crippen molar-refractivity contribution >= 4 is 23.1 Å². The first-order valence-corrected chi connectivity index (χ1v) is 6.83. The van der Waals surface area contributed by atoms with Gasteiger partial charge >= 0.3 is 0 Å². The van der Waals surface area contributed by atoms with Crippen LogP contribution in [-0.2, 0) is 6.54 Å². The molecule has 0 aliphatic carbocycles. The van der Waals surface area contributed by atoms with Gasteiger partial charge in [0.05, 0.1) is 11.4 Å². The van der Waals surface area contributed by atoms with Crippen LogP contribution in [0.15, 0.2) is 34.6 Å². The van der Waals surface area contributed by atoms with Crippen molar-refractivity contribution in [1.29, 1.82) is 0 Å². The lowest BCUT2D eigenvalue weighted by Crippen LogP contribution is -1.99. The molecule has 2 N–H and O–H groups in total. The standard InChI is InChI=1S/C12H14N6S/c1-3-18-11(10(13)8(2)16-18)19-12-15-14-9-6-4-5-7-17(9)12/h4-7H,3,13H2,1-2H3. The highest BCUT2D eigenvalue weighted by molar-refractivity contribution is 7.99. The van der Waals surface area contributed by atoms with Gasteiger partial charge < -0.3 is 5.73 Å². The molecule has 98 valence electrons. The third-order valence-corrected chi connectivity index (χ3v) is 3.98. The van der Waals surface area contributed by atoms with E-state index in [-0.39, 0.29) is 0 Å². The zero-order valence-corrected chi connectivity index (χ0v) is 11.6. The molecule has 3 rings (SSSR count). The van der Waals surface area contributed by atoms with Gasteiger partial charge in [-0.2, -0.15) is 5.10 Å². The highest BCUT2D eigenvalue weighted by Crippen LogP contribution is 2.32. The molecule has 0 amide bonds. The molecule has 7 heteroatoms. The second kappa shape index (κ2) is 4.58. The van der Waals surface area contributed by atoms with E-state index in [2.05, 4.69) is 15.3 Å². The fourth-order valence-electron chi connectivity index (χ4n) is 1.87. The van der Waals surface area contributed by atoms with Crippen LogP contribution < -0.4 is 5.73 Å². The molecule has 0 unspecified atom stereocenters. The molecule has 3 aromatic rings. The summed E-state index contributed by atoms with van der Waals surface area (Å²) in [5.74, 6) is 0. The van der Waals surface area contributed by atoms with Crippen LogP contribution in [0.3, 0.4) is 0 Å². The minimum atomic E-state index is 0.708. The molecule has 0 aromatic carbocycles. The van der Waals surface area contributed by atoms with Crippen molar-refractivity contribution in [2.24, 2.45) is 0 Å². The van der Waals surface area contributed by atoms with Crippen LogP contribution in [0.25, 0.3) is 5.65 Å². The van der Waals surface area contributed by atoms with Gasteiger partial charge in [-0.3, -0.25) is 9.08 Å². The largest absolute Gasteiger partial charge is 0.395 e. The zero-order valence-electron chi connectivity index (χ0n) is 10.7. The number of aromatic nitrogens is 5. The molecule has 0 fully saturated rings. The molecule has 0 saturated carbocycles. The van der Waals surface area contributed by atoms with E-state index in [4.69, 9.17) is 5.73 Å². The molecule has 0 aliphatic heterocycles. The average Bonchev–Trinajstić information content (AvgIpc) is 2.95. The Kier molecular flexibility index (Phi) is 2.90. The average molecular weight is 274 g/mol. The topological polar surface area (TPSA) is 74.0 Å². The first-order chi connectivity index (χ1) is 9.20. The minimum Gasteiger partial charge on any atom is -0.395 e. The Labute approximate surface area is 114 Å². The first kappa shape index (κ1) is 12.0. The van der Waals surface area contributed by atoms with E-state index in [1.54, 1.807) is 0 Å². The number of hydrogen-bond acceptors (Lipinski definition) is 5. The predicted molar refractivity (Wildman–Crippen MR) is 74.2 cm³/mol. The number of nitrogen functional groups attached to an aromatic ring is 1. The fourth-order valence-corrected chi connectivity index (χ4v) is 2.91. The van der Waals surface area contributed by atoms with E-state index in [9.17, 15) is 0 Å². The van der Waals surface area contributed by atoms with Crippen LogP contribution in [0.2, 0.25) is 0 Å². The number of hydrogen-bond donors (Lipinski definition) is 1. The van der Waals surface area contributed by atoms with Gasteiger partial charge in [-0.05, 0) is 37.7 Å². The van der Waals surface area contributed by atoms with Crippen molar-refractivity contribution in [1.82, 2.24) is 24.4 Å². The zero-order chi connectivity index (χ0) is 13.4. The summed E-state index contributed by atoms with van der Waals surface area (Å²) < 4.78 is 3.83. The molecule has 0 aliphatic rings. The fraction of sp³-hybridized carbons (Fsp3) is 0.250. The maximum absolute atomic E-state index is 6.08. The summed E-state index contributed by atoms with van der Waals surface area (Å²) in [6.45, 7) is 4.72. The normalized spacial score (nSPS) is 11.3. The van der Waals surface area contributed by atoms with Crippen LogP contribution in [0.1, 0.15) is 12.6 Å². The van der Waals surface area contributed by atoms with Gasteiger partial charge in [0.2, 0.25) is 5.16 Å². The van der Waals surface area contributed by atoms with Crippen LogP contribution >= 0.6 is 11.8 Å². The van der Waals surface area contributed by atoms with Crippen molar-refractivity contribution in [2.45, 2.75) is 30.6 Å². The van der Waals surface area contributed by atoms with Crippen molar-refractivity contribution in [3.05, 3.63) is 30.1 Å². The number of nitrogens with zero attached hydrogens (tertiary/aromatic N) is 5. The van der Waals surface area contributed by atoms with Crippen LogP contribution in [0.4, 0.5) is 5.69 Å². The van der Waals surface area contributed by atoms with Crippen LogP contribution in [-0.4, -0.2) is 24.4 Å². The van der Waals surface area contributed by atoms with Gasteiger partial charge in [0.15, 0.2) is 5.65 Å². The van der Waals surface area contributed by atoms with Gasteiger partial charge in [-0.25, -0.2) is 0 Å². The maximum atomic E-state index is 6.08. The van der Waals surface area contributed by atoms with Crippen molar-refractivity contribution in [3.63, 3.8) is 0 Å². The molecule has 3 heterocycles. The molecular formula is C12H14N6S. The number of fused-ring (bicyclic) bond motifs is 1. The molecule has 0 bridgehead atoms. The van der Waals surface area contributed by atoms with Gasteiger partial charge in [0.25, 0.3) is 0 Å². The Morgan fingerprint density at radius 3 is 2.95 bits per heavy atom. The molecule has 0 saturated heterocycles. The van der Waals surface area contributed by atoms with Gasteiger partial charge in [-0.15, -0.1) is 10.2 Å². The third kappa shape index (κ3) is 1.95. The van der Waals surface area contributed by atoms with E-state index in [0.717, 1.165) is 28.1 Å². The quantitative estimate of drug-likeness (QED) is 0.790. The SMILES string of the molecule is CCn1nc(C)c(N)c1Sc1nnc2ccccn12. The Morgan fingerprint density at radius 1 is 1.32 bits per heavy atom. The van der Waals surface area contributed by atoms with E-state index in [1.165, 1.54) is 11.8 Å². The maximum Gasteiger partial charge on any atom is 0.201 e. The van der Waals surface area contributed by atoms with Crippen LogP contribution in [0.5, 0.6) is 0 Å². The van der Waals surface area contributed by atoms with Gasteiger partial charge in [-0.1, -0.05) is 6.07 Å². The van der Waals surface area contributed by atoms with E-state index < -0.39 is 0 Å². The molecule has 0 radical (unpaired) electrons. The first-order valence-electron chi connectivity index (χ1n) is 6.01. The predicted octanol–water partition coefficient (Wildman–Crippen LogP) is 1.99. The second-order valence-corrected chi connectivity index (χ2v) is 5.09. The summed E-state index contributed by atoms with van der Waals surface area (Å²) in [6.07, 6.45) is 1.94. The van der Waals surface area contributed by atoms with Crippen molar-refractivity contribution in [2.75, 3.05) is 5.73 Å². The number of nitrogens with two attached hydrogens (primary N) is 1. The number of rotatable bonds is 3. The number of pyridine rings is 1. The smallest absolute Gasteiger partial charge is 0.201 e. The van der Waals surface area contributed by atoms with E-state index in [1.807, 2.05) is 47.3 Å². The Bertz CT molecular complexity index is 729. The highest BCUT2D eigenvalue weighted by Gasteiger charge is 2.16. The third-order valence-electron chi connectivity index (χ3n) is 2.90. The highest BCUT2D eigenvalue weighted by atomic mass is 32.2. The summed E-state index contributed by atoms with van der Waals surface area (Å²) in [6, 6.07) is 5.81. The Morgan fingerprint density at radius 2 is 2.16 bits per heavy atom. The van der Waals surface area contributed by atoms with Gasteiger partial charge in [0.1, 0.15) is 5.03 Å². The molecule has 0 atom stereocenters. The monoisotopic (exact) mass is 274 g/mol. The molecular weight excluding hydrogens is 260 g/mol. The molecule has 6 nitrogen and oxygen atoms in total. The Hall–Kier alpha value is -2.02. The summed E-state index contributed by atoms with van der Waals surface area (Å²) in [4.78, 5) is 0. The summed E-state index contributed by atoms with van der Waals surface area (Å²) in [7, 11) is 0. The van der Waals surface area contributed by atoms with E-state index in [0.29, 0.717) is 5.69 Å². The lowest BCUT2D eigenvalue weighted by molar-refractivity contribution is 0.601. The summed E-state index contributed by atoms with van der Waals surface area (Å²) in [5, 5.41) is 14.4. The van der Waals surface area contributed by atoms with E-state index >= 15 is 0 Å². The number of aryl methyl sites for hydroxylation is 2. The number of anilines is 1. The van der Waals surface area contributed by atoms with Gasteiger partial charge in [0, 0.05) is 12.7 Å². The van der Waals surface area contributed by atoms with Crippen molar-refractivity contribution < 1.29 is 0 Å².